The summed E-state index contributed by atoms with van der Waals surface area (Å²) in [6.45, 7) is 7.38. The fourth-order valence-electron chi connectivity index (χ4n) is 1.62. The highest BCUT2D eigenvalue weighted by atomic mass is 16.7. The quantitative estimate of drug-likeness (QED) is 0.591. The molecule has 0 saturated carbocycles. The molecule has 0 N–H and O–H groups in total. The third-order valence-corrected chi connectivity index (χ3v) is 2.30. The second-order valence-electron chi connectivity index (χ2n) is 3.88. The number of methoxy groups -OCH3 is 2. The summed E-state index contributed by atoms with van der Waals surface area (Å²) in [7, 11) is 3.41. The molecule has 0 unspecified atom stereocenters. The maximum Gasteiger partial charge on any atom is 0.193 e. The number of rotatable bonds is 4. The van der Waals surface area contributed by atoms with Gasteiger partial charge in [-0.2, -0.15) is 0 Å². The van der Waals surface area contributed by atoms with Gasteiger partial charge in [-0.15, -0.1) is 0 Å². The molecule has 0 aromatic heterocycles. The maximum atomic E-state index is 5.27. The first-order valence-corrected chi connectivity index (χ1v) is 4.44. The van der Waals surface area contributed by atoms with E-state index >= 15 is 0 Å². The van der Waals surface area contributed by atoms with Crippen molar-refractivity contribution in [2.45, 2.75) is 19.6 Å². The third kappa shape index (κ3) is 1.97. The second kappa shape index (κ2) is 3.73. The van der Waals surface area contributed by atoms with Crippen molar-refractivity contribution in [3.05, 3.63) is 0 Å². The summed E-state index contributed by atoms with van der Waals surface area (Å²) in [4.78, 5) is 2.34. The number of hydrogen-bond acceptors (Lipinski definition) is 3. The fraction of sp³-hybridized carbons (Fsp3) is 1.00. The Kier molecular flexibility index (Phi) is 3.09. The molecule has 12 heavy (non-hydrogen) atoms. The Balaban J connectivity index is 2.25. The van der Waals surface area contributed by atoms with Gasteiger partial charge in [0.25, 0.3) is 0 Å². The van der Waals surface area contributed by atoms with Gasteiger partial charge in [0, 0.05) is 20.8 Å². The highest BCUT2D eigenvalue weighted by Crippen LogP contribution is 2.25. The molecule has 1 saturated heterocycles. The molecule has 0 atom stereocenters. The Bertz CT molecular complexity index is 135. The molecular formula is C9H19NO2. The molecule has 1 aliphatic rings. The van der Waals surface area contributed by atoms with Gasteiger partial charge >= 0.3 is 0 Å². The number of ether oxygens (including phenoxy) is 2. The van der Waals surface area contributed by atoms with Gasteiger partial charge in [-0.1, -0.05) is 13.8 Å². The monoisotopic (exact) mass is 173 g/mol. The van der Waals surface area contributed by atoms with Gasteiger partial charge in [-0.3, -0.25) is 4.90 Å². The molecule has 0 radical (unpaired) electrons. The molecule has 0 aliphatic carbocycles. The molecule has 3 nitrogen and oxygen atoms in total. The SMILES string of the molecule is COC1(OC)CN(CC(C)C)C1. The molecular weight excluding hydrogens is 154 g/mol. The highest BCUT2D eigenvalue weighted by Gasteiger charge is 2.43. The molecule has 0 amide bonds. The lowest BCUT2D eigenvalue weighted by atomic mass is 10.1. The van der Waals surface area contributed by atoms with Crippen molar-refractivity contribution in [3.63, 3.8) is 0 Å². The van der Waals surface area contributed by atoms with Crippen LogP contribution in [0.25, 0.3) is 0 Å². The van der Waals surface area contributed by atoms with Crippen molar-refractivity contribution >= 4 is 0 Å². The number of nitrogens with zero attached hydrogens (tertiary/aromatic N) is 1. The Labute approximate surface area is 74.6 Å². The van der Waals surface area contributed by atoms with Crippen LogP contribution in [0.1, 0.15) is 13.8 Å². The Morgan fingerprint density at radius 3 is 2.08 bits per heavy atom. The van der Waals surface area contributed by atoms with Gasteiger partial charge < -0.3 is 9.47 Å². The average molecular weight is 173 g/mol. The zero-order chi connectivity index (χ0) is 9.19. The Morgan fingerprint density at radius 2 is 1.75 bits per heavy atom. The molecule has 1 fully saturated rings. The van der Waals surface area contributed by atoms with Crippen LogP contribution < -0.4 is 0 Å². The predicted molar refractivity (Wildman–Crippen MR) is 48.0 cm³/mol. The van der Waals surface area contributed by atoms with E-state index in [1.807, 2.05) is 0 Å². The van der Waals surface area contributed by atoms with E-state index < -0.39 is 0 Å². The number of hydrogen-bond donors (Lipinski definition) is 0. The van der Waals surface area contributed by atoms with E-state index in [9.17, 15) is 0 Å². The molecule has 0 bridgehead atoms. The van der Waals surface area contributed by atoms with Crippen LogP contribution in [-0.2, 0) is 9.47 Å². The van der Waals surface area contributed by atoms with E-state index in [0.717, 1.165) is 25.6 Å². The predicted octanol–water partition coefficient (Wildman–Crippen LogP) is 0.947. The van der Waals surface area contributed by atoms with Crippen LogP contribution in [0.4, 0.5) is 0 Å². The first-order valence-electron chi connectivity index (χ1n) is 4.44. The molecule has 1 aliphatic heterocycles. The summed E-state index contributed by atoms with van der Waals surface area (Å²) in [6.07, 6.45) is 0. The van der Waals surface area contributed by atoms with Crippen LogP contribution in [0.3, 0.4) is 0 Å². The highest BCUT2D eigenvalue weighted by molar-refractivity contribution is 4.89. The lowest BCUT2D eigenvalue weighted by Crippen LogP contribution is -2.64. The van der Waals surface area contributed by atoms with Crippen LogP contribution in [0.2, 0.25) is 0 Å². The summed E-state index contributed by atoms with van der Waals surface area (Å²) in [6, 6.07) is 0. The van der Waals surface area contributed by atoms with E-state index in [4.69, 9.17) is 9.47 Å². The molecule has 0 aromatic carbocycles. The largest absolute Gasteiger partial charge is 0.351 e. The smallest absolute Gasteiger partial charge is 0.193 e. The maximum absolute atomic E-state index is 5.27. The van der Waals surface area contributed by atoms with Crippen LogP contribution in [-0.4, -0.2) is 44.5 Å². The Morgan fingerprint density at radius 1 is 1.25 bits per heavy atom. The van der Waals surface area contributed by atoms with Gasteiger partial charge in [0.2, 0.25) is 0 Å². The topological polar surface area (TPSA) is 21.7 Å². The lowest BCUT2D eigenvalue weighted by Gasteiger charge is -2.48. The van der Waals surface area contributed by atoms with Crippen molar-refractivity contribution in [1.82, 2.24) is 4.90 Å². The van der Waals surface area contributed by atoms with E-state index in [2.05, 4.69) is 18.7 Å². The van der Waals surface area contributed by atoms with E-state index in [-0.39, 0.29) is 5.79 Å². The first-order chi connectivity index (χ1) is 5.62. The van der Waals surface area contributed by atoms with Gasteiger partial charge in [0.1, 0.15) is 0 Å². The van der Waals surface area contributed by atoms with Crippen molar-refractivity contribution in [2.24, 2.45) is 5.92 Å². The standard InChI is InChI=1S/C9H19NO2/c1-8(2)5-10-6-9(7-10,11-3)12-4/h8H,5-7H2,1-4H3. The van der Waals surface area contributed by atoms with E-state index in [0.29, 0.717) is 0 Å². The Hall–Kier alpha value is -0.120. The minimum absolute atomic E-state index is 0.311. The summed E-state index contributed by atoms with van der Waals surface area (Å²) in [5.41, 5.74) is 0. The van der Waals surface area contributed by atoms with Crippen molar-refractivity contribution in [3.8, 4) is 0 Å². The van der Waals surface area contributed by atoms with Crippen LogP contribution >= 0.6 is 0 Å². The summed E-state index contributed by atoms with van der Waals surface area (Å²) in [5, 5.41) is 0. The molecule has 3 heteroatoms. The molecule has 1 heterocycles. The van der Waals surface area contributed by atoms with Gasteiger partial charge in [0.15, 0.2) is 5.79 Å². The summed E-state index contributed by atoms with van der Waals surface area (Å²) < 4.78 is 10.5. The molecule has 0 spiro atoms. The summed E-state index contributed by atoms with van der Waals surface area (Å²) in [5.74, 6) is 0.409. The minimum atomic E-state index is -0.311. The van der Waals surface area contributed by atoms with Crippen molar-refractivity contribution in [1.29, 1.82) is 0 Å². The van der Waals surface area contributed by atoms with Crippen LogP contribution in [0.15, 0.2) is 0 Å². The van der Waals surface area contributed by atoms with Crippen LogP contribution in [0.5, 0.6) is 0 Å². The van der Waals surface area contributed by atoms with Gasteiger partial charge in [-0.25, -0.2) is 0 Å². The normalized spacial score (nSPS) is 22.8. The molecule has 0 aromatic rings. The zero-order valence-electron chi connectivity index (χ0n) is 8.46. The van der Waals surface area contributed by atoms with Crippen molar-refractivity contribution < 1.29 is 9.47 Å². The van der Waals surface area contributed by atoms with Gasteiger partial charge in [0.05, 0.1) is 13.1 Å². The third-order valence-electron chi connectivity index (χ3n) is 2.30. The van der Waals surface area contributed by atoms with Crippen molar-refractivity contribution in [2.75, 3.05) is 33.9 Å². The second-order valence-corrected chi connectivity index (χ2v) is 3.88. The molecule has 72 valence electrons. The van der Waals surface area contributed by atoms with Crippen LogP contribution in [0, 0.1) is 5.92 Å². The van der Waals surface area contributed by atoms with E-state index in [1.54, 1.807) is 14.2 Å². The average Bonchev–Trinajstić information content (AvgIpc) is 1.95. The van der Waals surface area contributed by atoms with Gasteiger partial charge in [-0.05, 0) is 5.92 Å². The zero-order valence-corrected chi connectivity index (χ0v) is 8.46. The minimum Gasteiger partial charge on any atom is -0.351 e. The lowest BCUT2D eigenvalue weighted by molar-refractivity contribution is -0.276. The summed E-state index contributed by atoms with van der Waals surface area (Å²) >= 11 is 0. The van der Waals surface area contributed by atoms with E-state index in [1.165, 1.54) is 0 Å². The fourth-order valence-corrected chi connectivity index (χ4v) is 1.62. The molecule has 1 rings (SSSR count). The number of likely N-dealkylation sites (tertiary alicyclic amines) is 1. The first kappa shape index (κ1) is 9.96.